The second kappa shape index (κ2) is 10.2. The fraction of sp³-hybridized carbons (Fsp3) is 0.737. The summed E-state index contributed by atoms with van der Waals surface area (Å²) < 4.78 is 0.997. The third kappa shape index (κ3) is 6.18. The van der Waals surface area contributed by atoms with E-state index in [1.54, 1.807) is 0 Å². The SMILES string of the molecule is CCCCCCNC(=O)n1cc(CCC2CCCCC2)c(=O)[nH]c1=O. The maximum Gasteiger partial charge on any atom is 0.336 e. The molecule has 1 aliphatic carbocycles. The number of hydrogen-bond acceptors (Lipinski definition) is 3. The zero-order chi connectivity index (χ0) is 18.1. The highest BCUT2D eigenvalue weighted by molar-refractivity contribution is 5.76. The van der Waals surface area contributed by atoms with Gasteiger partial charge in [0.25, 0.3) is 5.56 Å². The number of aryl methyl sites for hydroxylation is 1. The van der Waals surface area contributed by atoms with Gasteiger partial charge in [0, 0.05) is 18.3 Å². The number of carbonyl (C=O) groups excluding carboxylic acids is 1. The Morgan fingerprint density at radius 3 is 2.68 bits per heavy atom. The molecule has 1 aliphatic rings. The molecular weight excluding hydrogens is 318 g/mol. The lowest BCUT2D eigenvalue weighted by Crippen LogP contribution is -2.41. The van der Waals surface area contributed by atoms with E-state index in [1.807, 2.05) is 0 Å². The Bertz CT molecular complexity index is 657. The molecule has 25 heavy (non-hydrogen) atoms. The number of aromatic nitrogens is 2. The number of H-pyrrole nitrogens is 1. The average Bonchev–Trinajstić information content (AvgIpc) is 2.61. The predicted molar refractivity (Wildman–Crippen MR) is 99.2 cm³/mol. The van der Waals surface area contributed by atoms with Gasteiger partial charge in [-0.05, 0) is 25.2 Å². The quantitative estimate of drug-likeness (QED) is 0.707. The molecule has 1 saturated carbocycles. The van der Waals surface area contributed by atoms with Crippen LogP contribution in [0.25, 0.3) is 0 Å². The van der Waals surface area contributed by atoms with Crippen molar-refractivity contribution in [1.82, 2.24) is 14.9 Å². The van der Waals surface area contributed by atoms with Crippen molar-refractivity contribution < 1.29 is 4.79 Å². The smallest absolute Gasteiger partial charge is 0.336 e. The van der Waals surface area contributed by atoms with E-state index in [4.69, 9.17) is 0 Å². The van der Waals surface area contributed by atoms with Crippen LogP contribution in [0.5, 0.6) is 0 Å². The van der Waals surface area contributed by atoms with Gasteiger partial charge in [0.15, 0.2) is 0 Å². The molecule has 0 aromatic carbocycles. The number of amides is 1. The Labute approximate surface area is 149 Å². The summed E-state index contributed by atoms with van der Waals surface area (Å²) in [5.74, 6) is 0.654. The van der Waals surface area contributed by atoms with Crippen LogP contribution in [0, 0.1) is 5.92 Å². The molecule has 0 spiro atoms. The number of unbranched alkanes of at least 4 members (excludes halogenated alkanes) is 3. The normalized spacial score (nSPS) is 15.2. The summed E-state index contributed by atoms with van der Waals surface area (Å²) in [5.41, 5.74) is -0.517. The highest BCUT2D eigenvalue weighted by Crippen LogP contribution is 2.26. The third-order valence-electron chi connectivity index (χ3n) is 5.09. The molecule has 6 nitrogen and oxygen atoms in total. The van der Waals surface area contributed by atoms with Crippen molar-refractivity contribution in [1.29, 1.82) is 0 Å². The molecule has 0 atom stereocenters. The summed E-state index contributed by atoms with van der Waals surface area (Å²) in [6.45, 7) is 2.68. The lowest BCUT2D eigenvalue weighted by Gasteiger charge is -2.21. The molecule has 1 heterocycles. The zero-order valence-electron chi connectivity index (χ0n) is 15.3. The first kappa shape index (κ1) is 19.5. The summed E-state index contributed by atoms with van der Waals surface area (Å²) >= 11 is 0. The summed E-state index contributed by atoms with van der Waals surface area (Å²) in [5, 5.41) is 2.75. The number of aromatic amines is 1. The molecule has 0 unspecified atom stereocenters. The maximum absolute atomic E-state index is 12.2. The minimum absolute atomic E-state index is 0.368. The van der Waals surface area contributed by atoms with E-state index in [0.29, 0.717) is 24.4 Å². The van der Waals surface area contributed by atoms with E-state index in [0.717, 1.165) is 36.7 Å². The Balaban J connectivity index is 1.94. The number of nitrogens with one attached hydrogen (secondary N) is 2. The number of rotatable bonds is 8. The molecular formula is C19H31N3O3. The molecule has 2 N–H and O–H groups in total. The van der Waals surface area contributed by atoms with Crippen LogP contribution in [0.3, 0.4) is 0 Å². The summed E-state index contributed by atoms with van der Waals surface area (Å²) in [6, 6.07) is -0.461. The molecule has 1 aromatic heterocycles. The first-order valence-electron chi connectivity index (χ1n) is 9.75. The predicted octanol–water partition coefficient (Wildman–Crippen LogP) is 3.19. The summed E-state index contributed by atoms with van der Waals surface area (Å²) in [7, 11) is 0. The number of nitrogens with zero attached hydrogens (tertiary/aromatic N) is 1. The number of hydrogen-bond donors (Lipinski definition) is 2. The molecule has 0 bridgehead atoms. The van der Waals surface area contributed by atoms with Crippen LogP contribution in [0.2, 0.25) is 0 Å². The van der Waals surface area contributed by atoms with Gasteiger partial charge in [0.05, 0.1) is 0 Å². The van der Waals surface area contributed by atoms with Gasteiger partial charge < -0.3 is 5.32 Å². The van der Waals surface area contributed by atoms with Gasteiger partial charge in [-0.3, -0.25) is 9.78 Å². The van der Waals surface area contributed by atoms with Crippen molar-refractivity contribution in [3.8, 4) is 0 Å². The van der Waals surface area contributed by atoms with Gasteiger partial charge >= 0.3 is 11.7 Å². The third-order valence-corrected chi connectivity index (χ3v) is 5.09. The second-order valence-electron chi connectivity index (χ2n) is 7.12. The van der Waals surface area contributed by atoms with Crippen molar-refractivity contribution in [2.75, 3.05) is 6.54 Å². The molecule has 140 valence electrons. The Kier molecular flexibility index (Phi) is 7.95. The van der Waals surface area contributed by atoms with Gasteiger partial charge in [0.2, 0.25) is 0 Å². The topological polar surface area (TPSA) is 84.0 Å². The van der Waals surface area contributed by atoms with Crippen molar-refractivity contribution >= 4 is 6.03 Å². The van der Waals surface area contributed by atoms with Crippen LogP contribution in [0.4, 0.5) is 4.79 Å². The standard InChI is InChI=1S/C19H31N3O3/c1-2-3-4-8-13-20-18(24)22-14-16(17(23)21-19(22)25)12-11-15-9-6-5-7-10-15/h14-15H,2-13H2,1H3,(H,20,24)(H,21,23,25). The van der Waals surface area contributed by atoms with Gasteiger partial charge in [-0.15, -0.1) is 0 Å². The van der Waals surface area contributed by atoms with Crippen molar-refractivity contribution in [3.05, 3.63) is 32.6 Å². The second-order valence-corrected chi connectivity index (χ2v) is 7.12. The van der Waals surface area contributed by atoms with Gasteiger partial charge in [-0.2, -0.15) is 0 Å². The highest BCUT2D eigenvalue weighted by Gasteiger charge is 2.15. The monoisotopic (exact) mass is 349 g/mol. The minimum atomic E-state index is -0.669. The lowest BCUT2D eigenvalue weighted by molar-refractivity contribution is 0.241. The molecule has 0 saturated heterocycles. The van der Waals surface area contributed by atoms with Crippen molar-refractivity contribution in [3.63, 3.8) is 0 Å². The Morgan fingerprint density at radius 2 is 1.96 bits per heavy atom. The van der Waals surface area contributed by atoms with E-state index in [1.165, 1.54) is 38.3 Å². The molecule has 0 aliphatic heterocycles. The van der Waals surface area contributed by atoms with Crippen LogP contribution < -0.4 is 16.6 Å². The van der Waals surface area contributed by atoms with E-state index in [-0.39, 0.29) is 5.56 Å². The van der Waals surface area contributed by atoms with Crippen LogP contribution in [0.15, 0.2) is 15.8 Å². The van der Waals surface area contributed by atoms with E-state index < -0.39 is 11.7 Å². The molecule has 0 radical (unpaired) electrons. The Morgan fingerprint density at radius 1 is 1.20 bits per heavy atom. The lowest BCUT2D eigenvalue weighted by atomic mass is 9.85. The molecule has 2 rings (SSSR count). The average molecular weight is 349 g/mol. The van der Waals surface area contributed by atoms with Gasteiger partial charge in [-0.1, -0.05) is 58.3 Å². The van der Waals surface area contributed by atoms with Crippen molar-refractivity contribution in [2.24, 2.45) is 5.92 Å². The fourth-order valence-corrected chi connectivity index (χ4v) is 3.51. The van der Waals surface area contributed by atoms with Crippen LogP contribution in [-0.4, -0.2) is 22.1 Å². The van der Waals surface area contributed by atoms with Crippen LogP contribution >= 0.6 is 0 Å². The van der Waals surface area contributed by atoms with E-state index >= 15 is 0 Å². The van der Waals surface area contributed by atoms with Crippen LogP contribution in [0.1, 0.15) is 76.7 Å². The van der Waals surface area contributed by atoms with E-state index in [9.17, 15) is 14.4 Å². The van der Waals surface area contributed by atoms with Gasteiger partial charge in [0.1, 0.15) is 0 Å². The molecule has 6 heteroatoms. The minimum Gasteiger partial charge on any atom is -0.337 e. The fourth-order valence-electron chi connectivity index (χ4n) is 3.51. The number of carbonyl (C=O) groups is 1. The largest absolute Gasteiger partial charge is 0.337 e. The molecule has 1 aromatic rings. The summed E-state index contributed by atoms with van der Waals surface area (Å²) in [4.78, 5) is 38.4. The zero-order valence-corrected chi connectivity index (χ0v) is 15.3. The molecule has 1 fully saturated rings. The first-order chi connectivity index (χ1) is 12.1. The van der Waals surface area contributed by atoms with Gasteiger partial charge in [-0.25, -0.2) is 14.2 Å². The Hall–Kier alpha value is -1.85. The van der Waals surface area contributed by atoms with Crippen molar-refractivity contribution in [2.45, 2.75) is 77.6 Å². The maximum atomic E-state index is 12.2. The highest BCUT2D eigenvalue weighted by atomic mass is 16.2. The van der Waals surface area contributed by atoms with Crippen LogP contribution in [-0.2, 0) is 6.42 Å². The first-order valence-corrected chi connectivity index (χ1v) is 9.75. The molecule has 1 amide bonds. The summed E-state index contributed by atoms with van der Waals surface area (Å²) in [6.07, 6.45) is 13.5. The van der Waals surface area contributed by atoms with E-state index in [2.05, 4.69) is 17.2 Å².